The highest BCUT2D eigenvalue weighted by Crippen LogP contribution is 2.26. The third-order valence-electron chi connectivity index (χ3n) is 3.01. The maximum absolute atomic E-state index is 13.3. The molecule has 0 aliphatic rings. The van der Waals surface area contributed by atoms with Gasteiger partial charge in [0.1, 0.15) is 15.9 Å². The number of amides is 1. The summed E-state index contributed by atoms with van der Waals surface area (Å²) in [5, 5.41) is 4.25. The smallest absolute Gasteiger partial charge is 0.256 e. The van der Waals surface area contributed by atoms with Crippen LogP contribution in [0.5, 0.6) is 0 Å². The number of hydrogen-bond acceptors (Lipinski definition) is 4. The highest BCUT2D eigenvalue weighted by atomic mass is 79.9. The summed E-state index contributed by atoms with van der Waals surface area (Å²) in [6.07, 6.45) is 3.30. The van der Waals surface area contributed by atoms with Crippen LogP contribution in [-0.4, -0.2) is 15.9 Å². The lowest BCUT2D eigenvalue weighted by Gasteiger charge is -2.08. The molecule has 3 rings (SSSR count). The van der Waals surface area contributed by atoms with E-state index in [1.54, 1.807) is 24.5 Å². The van der Waals surface area contributed by atoms with Gasteiger partial charge in [0.25, 0.3) is 5.91 Å². The third kappa shape index (κ3) is 4.18. The monoisotopic (exact) mass is 403 g/mol. The van der Waals surface area contributed by atoms with Crippen LogP contribution in [0.15, 0.2) is 75.4 Å². The highest BCUT2D eigenvalue weighted by molar-refractivity contribution is 9.10. The van der Waals surface area contributed by atoms with Gasteiger partial charge in [-0.3, -0.25) is 4.79 Å². The summed E-state index contributed by atoms with van der Waals surface area (Å²) < 4.78 is 13.9. The molecule has 3 aromatic rings. The number of benzene rings is 1. The molecule has 0 radical (unpaired) electrons. The molecule has 0 aliphatic carbocycles. The Bertz CT molecular complexity index is 877. The molecule has 0 aliphatic heterocycles. The van der Waals surface area contributed by atoms with Crippen LogP contribution in [0.1, 0.15) is 10.4 Å². The van der Waals surface area contributed by atoms with Crippen LogP contribution in [0.25, 0.3) is 0 Å². The quantitative estimate of drug-likeness (QED) is 0.680. The summed E-state index contributed by atoms with van der Waals surface area (Å²) in [5.41, 5.74) is 0.801. The van der Waals surface area contributed by atoms with E-state index in [0.29, 0.717) is 15.2 Å². The van der Waals surface area contributed by atoms with Crippen molar-refractivity contribution in [3.8, 4) is 0 Å². The largest absolute Gasteiger partial charge is 0.322 e. The minimum absolute atomic E-state index is 0.228. The van der Waals surface area contributed by atoms with Gasteiger partial charge in [-0.2, -0.15) is 0 Å². The van der Waals surface area contributed by atoms with Gasteiger partial charge in [-0.05, 0) is 58.4 Å². The van der Waals surface area contributed by atoms with Crippen molar-refractivity contribution in [1.82, 2.24) is 9.97 Å². The van der Waals surface area contributed by atoms with E-state index < -0.39 is 11.7 Å². The molecule has 2 aromatic heterocycles. The molecular formula is C17H11BrFN3OS. The van der Waals surface area contributed by atoms with Crippen LogP contribution in [0.3, 0.4) is 0 Å². The Kier molecular flexibility index (Phi) is 5.22. The second-order valence-corrected chi connectivity index (χ2v) is 6.63. The van der Waals surface area contributed by atoms with Crippen molar-refractivity contribution >= 4 is 39.3 Å². The summed E-state index contributed by atoms with van der Waals surface area (Å²) in [7, 11) is 0. The fourth-order valence-corrected chi connectivity index (χ4v) is 3.13. The fraction of sp³-hybridized carbons (Fsp3) is 0. The number of carbonyl (C=O) groups excluding carboxylic acids is 1. The number of carbonyl (C=O) groups is 1. The zero-order valence-electron chi connectivity index (χ0n) is 12.2. The molecule has 1 amide bonds. The first-order chi connectivity index (χ1) is 11.6. The number of hydrogen-bond donors (Lipinski definition) is 1. The lowest BCUT2D eigenvalue weighted by atomic mass is 10.2. The van der Waals surface area contributed by atoms with Gasteiger partial charge in [0.2, 0.25) is 0 Å². The number of halogens is 2. The number of nitrogens with zero attached hydrogens (tertiary/aromatic N) is 2. The number of nitrogens with one attached hydrogen (secondary N) is 1. The normalized spacial score (nSPS) is 10.4. The van der Waals surface area contributed by atoms with Gasteiger partial charge in [-0.15, -0.1) is 0 Å². The van der Waals surface area contributed by atoms with Gasteiger partial charge in [-0.25, -0.2) is 14.4 Å². The SMILES string of the molecule is O=C(Nc1ccnc(Sc2ccccn2)c1)c1cc(F)ccc1Br. The summed E-state index contributed by atoms with van der Waals surface area (Å²) >= 11 is 4.64. The first-order valence-electron chi connectivity index (χ1n) is 6.93. The van der Waals surface area contributed by atoms with Crippen molar-refractivity contribution in [1.29, 1.82) is 0 Å². The van der Waals surface area contributed by atoms with Gasteiger partial charge in [0.05, 0.1) is 5.56 Å². The van der Waals surface area contributed by atoms with Gasteiger partial charge in [0, 0.05) is 22.6 Å². The molecule has 1 N–H and O–H groups in total. The Hall–Kier alpha value is -2.25. The van der Waals surface area contributed by atoms with Crippen LogP contribution < -0.4 is 5.32 Å². The highest BCUT2D eigenvalue weighted by Gasteiger charge is 2.12. The van der Waals surface area contributed by atoms with Crippen LogP contribution in [-0.2, 0) is 0 Å². The predicted molar refractivity (Wildman–Crippen MR) is 94.7 cm³/mol. The molecule has 120 valence electrons. The van der Waals surface area contributed by atoms with Crippen LogP contribution in [0.2, 0.25) is 0 Å². The maximum Gasteiger partial charge on any atom is 0.256 e. The molecule has 0 saturated heterocycles. The zero-order valence-corrected chi connectivity index (χ0v) is 14.6. The number of anilines is 1. The van der Waals surface area contributed by atoms with E-state index in [1.165, 1.54) is 30.0 Å². The first kappa shape index (κ1) is 16.6. The minimum atomic E-state index is -0.468. The molecule has 0 atom stereocenters. The molecular weight excluding hydrogens is 393 g/mol. The number of aromatic nitrogens is 2. The molecule has 0 bridgehead atoms. The van der Waals surface area contributed by atoms with E-state index in [-0.39, 0.29) is 5.56 Å². The van der Waals surface area contributed by atoms with E-state index >= 15 is 0 Å². The molecule has 1 aromatic carbocycles. The van der Waals surface area contributed by atoms with Crippen molar-refractivity contribution < 1.29 is 9.18 Å². The molecule has 0 unspecified atom stereocenters. The van der Waals surface area contributed by atoms with Gasteiger partial charge in [0.15, 0.2) is 0 Å². The summed E-state index contributed by atoms with van der Waals surface area (Å²) in [5.74, 6) is -0.870. The first-order valence-corrected chi connectivity index (χ1v) is 8.54. The molecule has 7 heteroatoms. The standard InChI is InChI=1S/C17H11BrFN3OS/c18-14-5-4-11(19)9-13(14)17(23)22-12-6-8-21-16(10-12)24-15-3-1-2-7-20-15/h1-10H,(H,21,22,23). The van der Waals surface area contributed by atoms with E-state index in [0.717, 1.165) is 5.03 Å². The summed E-state index contributed by atoms with van der Waals surface area (Å²) in [4.78, 5) is 20.8. The fourth-order valence-electron chi connectivity index (χ4n) is 1.93. The Labute approximate surface area is 150 Å². The van der Waals surface area contributed by atoms with Crippen molar-refractivity contribution in [3.05, 3.63) is 76.8 Å². The maximum atomic E-state index is 13.3. The van der Waals surface area contributed by atoms with E-state index in [2.05, 4.69) is 31.2 Å². The van der Waals surface area contributed by atoms with Crippen molar-refractivity contribution in [2.24, 2.45) is 0 Å². The minimum Gasteiger partial charge on any atom is -0.322 e. The van der Waals surface area contributed by atoms with E-state index in [4.69, 9.17) is 0 Å². The summed E-state index contributed by atoms with van der Waals surface area (Å²) in [6.45, 7) is 0. The van der Waals surface area contributed by atoms with E-state index in [9.17, 15) is 9.18 Å². The van der Waals surface area contributed by atoms with Crippen LogP contribution in [0.4, 0.5) is 10.1 Å². The molecule has 2 heterocycles. The van der Waals surface area contributed by atoms with Crippen LogP contribution >= 0.6 is 27.7 Å². The van der Waals surface area contributed by atoms with Gasteiger partial charge < -0.3 is 5.32 Å². The number of rotatable bonds is 4. The third-order valence-corrected chi connectivity index (χ3v) is 4.59. The summed E-state index contributed by atoms with van der Waals surface area (Å²) in [6, 6.07) is 13.0. The van der Waals surface area contributed by atoms with Gasteiger partial charge >= 0.3 is 0 Å². The van der Waals surface area contributed by atoms with Gasteiger partial charge in [-0.1, -0.05) is 17.8 Å². The van der Waals surface area contributed by atoms with Crippen molar-refractivity contribution in [2.45, 2.75) is 10.1 Å². The Morgan fingerprint density at radius 2 is 1.88 bits per heavy atom. The lowest BCUT2D eigenvalue weighted by Crippen LogP contribution is -2.13. The number of pyridine rings is 2. The average molecular weight is 404 g/mol. The second-order valence-electron chi connectivity index (χ2n) is 4.73. The Balaban J connectivity index is 1.77. The zero-order chi connectivity index (χ0) is 16.9. The molecule has 4 nitrogen and oxygen atoms in total. The molecule has 24 heavy (non-hydrogen) atoms. The van der Waals surface area contributed by atoms with Crippen molar-refractivity contribution in [3.63, 3.8) is 0 Å². The van der Waals surface area contributed by atoms with Crippen LogP contribution in [0, 0.1) is 5.82 Å². The predicted octanol–water partition coefficient (Wildman–Crippen LogP) is 4.78. The van der Waals surface area contributed by atoms with Crippen molar-refractivity contribution in [2.75, 3.05) is 5.32 Å². The Morgan fingerprint density at radius 1 is 1.04 bits per heavy atom. The lowest BCUT2D eigenvalue weighted by molar-refractivity contribution is 0.102. The molecule has 0 fully saturated rings. The second kappa shape index (κ2) is 7.55. The molecule has 0 saturated carbocycles. The Morgan fingerprint density at radius 3 is 2.67 bits per heavy atom. The average Bonchev–Trinajstić information content (AvgIpc) is 2.58. The topological polar surface area (TPSA) is 54.9 Å². The van der Waals surface area contributed by atoms with E-state index in [1.807, 2.05) is 18.2 Å². The molecule has 0 spiro atoms.